The van der Waals surface area contributed by atoms with Crippen LogP contribution >= 0.6 is 0 Å². The van der Waals surface area contributed by atoms with E-state index in [-0.39, 0.29) is 18.3 Å². The Morgan fingerprint density at radius 1 is 0.973 bits per heavy atom. The number of benzene rings is 2. The number of hydrogen-bond donors (Lipinski definition) is 1. The number of rotatable bonds is 5. The standard InChI is InChI=1S/C28H27F3N4O2/c29-28(30,31)21-9-7-10-22(17-21)33-25(36)18-35-26(37)34(19-27(35)13-3-1-4-14-27)23-11-6-8-20(16-23)24-12-2-5-15-32-24/h2,5-12,15-17H,1,3-4,13-14,18-19H2,(H,33,36). The Balaban J connectivity index is 1.39. The van der Waals surface area contributed by atoms with Crippen LogP contribution in [0, 0.1) is 0 Å². The van der Waals surface area contributed by atoms with E-state index in [0.29, 0.717) is 6.54 Å². The average molecular weight is 509 g/mol. The minimum atomic E-state index is -4.51. The van der Waals surface area contributed by atoms with Gasteiger partial charge in [-0.25, -0.2) is 4.79 Å². The smallest absolute Gasteiger partial charge is 0.325 e. The van der Waals surface area contributed by atoms with Gasteiger partial charge in [0.05, 0.1) is 23.3 Å². The van der Waals surface area contributed by atoms with Gasteiger partial charge in [-0.1, -0.05) is 43.5 Å². The Bertz CT molecular complexity index is 1290. The van der Waals surface area contributed by atoms with E-state index >= 15 is 0 Å². The molecule has 1 N–H and O–H groups in total. The zero-order chi connectivity index (χ0) is 26.0. The van der Waals surface area contributed by atoms with Gasteiger partial charge >= 0.3 is 12.2 Å². The molecule has 2 aromatic carbocycles. The molecule has 5 rings (SSSR count). The maximum Gasteiger partial charge on any atom is 0.416 e. The number of urea groups is 1. The fraction of sp³-hybridized carbons (Fsp3) is 0.321. The molecule has 192 valence electrons. The van der Waals surface area contributed by atoms with Gasteiger partial charge in [0.2, 0.25) is 5.91 Å². The molecule has 2 heterocycles. The van der Waals surface area contributed by atoms with Gasteiger partial charge in [0, 0.05) is 23.1 Å². The first-order valence-electron chi connectivity index (χ1n) is 12.3. The topological polar surface area (TPSA) is 65.5 Å². The Morgan fingerprint density at radius 3 is 2.49 bits per heavy atom. The zero-order valence-corrected chi connectivity index (χ0v) is 20.2. The molecule has 2 fully saturated rings. The molecular formula is C28H27F3N4O2. The highest BCUT2D eigenvalue weighted by Crippen LogP contribution is 2.41. The van der Waals surface area contributed by atoms with Crippen molar-refractivity contribution in [2.24, 2.45) is 0 Å². The summed E-state index contributed by atoms with van der Waals surface area (Å²) in [5, 5.41) is 2.55. The molecular weight excluding hydrogens is 481 g/mol. The third kappa shape index (κ3) is 5.16. The molecule has 9 heteroatoms. The fourth-order valence-electron chi connectivity index (χ4n) is 5.35. The van der Waals surface area contributed by atoms with Crippen LogP contribution < -0.4 is 10.2 Å². The van der Waals surface area contributed by atoms with Crippen molar-refractivity contribution in [3.8, 4) is 11.3 Å². The predicted octanol–water partition coefficient (Wildman–Crippen LogP) is 6.35. The maximum atomic E-state index is 13.7. The van der Waals surface area contributed by atoms with Crippen LogP contribution in [0.4, 0.5) is 29.3 Å². The predicted molar refractivity (Wildman–Crippen MR) is 135 cm³/mol. The highest BCUT2D eigenvalue weighted by Gasteiger charge is 2.50. The van der Waals surface area contributed by atoms with Crippen molar-refractivity contribution in [3.63, 3.8) is 0 Å². The summed E-state index contributed by atoms with van der Waals surface area (Å²) in [5.74, 6) is -0.526. The summed E-state index contributed by atoms with van der Waals surface area (Å²) < 4.78 is 39.3. The van der Waals surface area contributed by atoms with E-state index in [9.17, 15) is 22.8 Å². The number of carbonyl (C=O) groups excluding carboxylic acids is 2. The molecule has 0 radical (unpaired) electrons. The summed E-state index contributed by atoms with van der Waals surface area (Å²) in [6, 6.07) is 17.5. The van der Waals surface area contributed by atoms with Gasteiger partial charge in [0.15, 0.2) is 0 Å². The summed E-state index contributed by atoms with van der Waals surface area (Å²) in [6.45, 7) is 0.222. The van der Waals surface area contributed by atoms with E-state index in [2.05, 4.69) is 10.3 Å². The highest BCUT2D eigenvalue weighted by molar-refractivity contribution is 6.00. The zero-order valence-electron chi connectivity index (χ0n) is 20.2. The van der Waals surface area contributed by atoms with E-state index in [1.807, 2.05) is 42.5 Å². The molecule has 0 bridgehead atoms. The van der Waals surface area contributed by atoms with Crippen LogP contribution in [0.3, 0.4) is 0 Å². The van der Waals surface area contributed by atoms with Gasteiger partial charge in [0.25, 0.3) is 0 Å². The minimum Gasteiger partial charge on any atom is -0.325 e. The third-order valence-electron chi connectivity index (χ3n) is 7.16. The van der Waals surface area contributed by atoms with Crippen molar-refractivity contribution in [2.45, 2.75) is 43.8 Å². The van der Waals surface area contributed by atoms with Gasteiger partial charge in [-0.2, -0.15) is 13.2 Å². The molecule has 2 aliphatic rings. The van der Waals surface area contributed by atoms with Gasteiger partial charge < -0.3 is 10.2 Å². The molecule has 1 aliphatic heterocycles. The number of anilines is 2. The lowest BCUT2D eigenvalue weighted by molar-refractivity contribution is -0.137. The van der Waals surface area contributed by atoms with E-state index in [4.69, 9.17) is 0 Å². The van der Waals surface area contributed by atoms with Crippen LogP contribution in [0.2, 0.25) is 0 Å². The Kier molecular flexibility index (Phi) is 6.62. The normalized spacial score (nSPS) is 17.3. The molecule has 6 nitrogen and oxygen atoms in total. The first kappa shape index (κ1) is 24.8. The third-order valence-corrected chi connectivity index (χ3v) is 7.16. The fourth-order valence-corrected chi connectivity index (χ4v) is 5.35. The number of aromatic nitrogens is 1. The lowest BCUT2D eigenvalue weighted by Gasteiger charge is -2.39. The molecule has 1 aliphatic carbocycles. The summed E-state index contributed by atoms with van der Waals surface area (Å²) >= 11 is 0. The Morgan fingerprint density at radius 2 is 1.76 bits per heavy atom. The lowest BCUT2D eigenvalue weighted by atomic mass is 9.81. The van der Waals surface area contributed by atoms with Crippen molar-refractivity contribution in [3.05, 3.63) is 78.5 Å². The molecule has 3 aromatic rings. The lowest BCUT2D eigenvalue weighted by Crippen LogP contribution is -2.51. The number of alkyl halides is 3. The van der Waals surface area contributed by atoms with Crippen LogP contribution in [0.1, 0.15) is 37.7 Å². The van der Waals surface area contributed by atoms with Crippen molar-refractivity contribution >= 4 is 23.3 Å². The largest absolute Gasteiger partial charge is 0.416 e. The summed E-state index contributed by atoms with van der Waals surface area (Å²) in [5.41, 5.74) is 1.10. The van der Waals surface area contributed by atoms with Gasteiger partial charge in [-0.05, 0) is 55.3 Å². The number of amides is 3. The van der Waals surface area contributed by atoms with Crippen LogP contribution in [0.25, 0.3) is 11.3 Å². The highest BCUT2D eigenvalue weighted by atomic mass is 19.4. The van der Waals surface area contributed by atoms with E-state index in [0.717, 1.165) is 61.2 Å². The van der Waals surface area contributed by atoms with Crippen LogP contribution in [-0.2, 0) is 11.0 Å². The number of pyridine rings is 1. The SMILES string of the molecule is O=C(CN1C(=O)N(c2cccc(-c3ccccn3)c2)CC12CCCCC2)Nc1cccc(C(F)(F)F)c1. The monoisotopic (exact) mass is 508 g/mol. The molecule has 0 atom stereocenters. The van der Waals surface area contributed by atoms with Crippen LogP contribution in [0.15, 0.2) is 72.9 Å². The quantitative estimate of drug-likeness (QED) is 0.437. The van der Waals surface area contributed by atoms with Gasteiger partial charge in [-0.15, -0.1) is 0 Å². The molecule has 37 heavy (non-hydrogen) atoms. The number of halogens is 3. The first-order chi connectivity index (χ1) is 17.7. The molecule has 1 saturated heterocycles. The van der Waals surface area contributed by atoms with Crippen LogP contribution in [0.5, 0.6) is 0 Å². The molecule has 1 spiro atoms. The maximum absolute atomic E-state index is 13.7. The number of nitrogens with zero attached hydrogens (tertiary/aromatic N) is 3. The Labute approximate surface area is 213 Å². The molecule has 3 amide bonds. The first-order valence-corrected chi connectivity index (χ1v) is 12.3. The Hall–Kier alpha value is -3.88. The molecule has 1 aromatic heterocycles. The van der Waals surface area contributed by atoms with Crippen molar-refractivity contribution < 1.29 is 22.8 Å². The van der Waals surface area contributed by atoms with Crippen LogP contribution in [-0.4, -0.2) is 40.5 Å². The number of hydrogen-bond acceptors (Lipinski definition) is 3. The van der Waals surface area contributed by atoms with Gasteiger partial charge in [0.1, 0.15) is 6.54 Å². The van der Waals surface area contributed by atoms with Crippen molar-refractivity contribution in [1.82, 2.24) is 9.88 Å². The van der Waals surface area contributed by atoms with E-state index in [1.54, 1.807) is 16.0 Å². The summed E-state index contributed by atoms with van der Waals surface area (Å²) in [4.78, 5) is 34.4. The minimum absolute atomic E-state index is 0.0454. The summed E-state index contributed by atoms with van der Waals surface area (Å²) in [7, 11) is 0. The van der Waals surface area contributed by atoms with E-state index < -0.39 is 23.2 Å². The second kappa shape index (κ2) is 9.88. The average Bonchev–Trinajstić information content (AvgIpc) is 3.15. The van der Waals surface area contributed by atoms with Crippen molar-refractivity contribution in [1.29, 1.82) is 0 Å². The second-order valence-electron chi connectivity index (χ2n) is 9.63. The number of nitrogens with one attached hydrogen (secondary N) is 1. The second-order valence-corrected chi connectivity index (χ2v) is 9.63. The number of carbonyl (C=O) groups is 2. The molecule has 0 unspecified atom stereocenters. The summed E-state index contributed by atoms with van der Waals surface area (Å²) in [6.07, 6.45) is 1.70. The molecule has 1 saturated carbocycles. The van der Waals surface area contributed by atoms with Crippen molar-refractivity contribution in [2.75, 3.05) is 23.3 Å². The van der Waals surface area contributed by atoms with E-state index in [1.165, 1.54) is 12.1 Å². The van der Waals surface area contributed by atoms with Gasteiger partial charge in [-0.3, -0.25) is 14.7 Å².